The van der Waals surface area contributed by atoms with E-state index >= 15 is 0 Å². The van der Waals surface area contributed by atoms with Crippen molar-refractivity contribution >= 4 is 5.82 Å². The van der Waals surface area contributed by atoms with Crippen LogP contribution >= 0.6 is 0 Å². The molecule has 1 atom stereocenters. The predicted octanol–water partition coefficient (Wildman–Crippen LogP) is 1.93. The Bertz CT molecular complexity index is 436. The monoisotopic (exact) mass is 304 g/mol. The molecule has 22 heavy (non-hydrogen) atoms. The first-order chi connectivity index (χ1) is 10.8. The molecule has 1 aromatic rings. The molecule has 1 N–H and O–H groups in total. The molecule has 1 aromatic heterocycles. The molecule has 122 valence electrons. The summed E-state index contributed by atoms with van der Waals surface area (Å²) >= 11 is 0. The first-order valence-electron chi connectivity index (χ1n) is 8.76. The third-order valence-corrected chi connectivity index (χ3v) is 5.11. The molecule has 5 heteroatoms. The van der Waals surface area contributed by atoms with Gasteiger partial charge in [0, 0.05) is 32.4 Å². The number of aliphatic hydroxyl groups excluding tert-OH is 1. The summed E-state index contributed by atoms with van der Waals surface area (Å²) < 4.78 is 0. The standard InChI is InChI=1S/C17H28N4O/c22-16(15-6-2-1-3-7-15)14-20-10-5-11-21(13-12-20)17-8-4-9-18-19-17/h4,8-9,15-16,22H,1-3,5-7,10-14H2. The number of hydrogen-bond acceptors (Lipinski definition) is 5. The Kier molecular flexibility index (Phi) is 5.62. The first kappa shape index (κ1) is 15.7. The van der Waals surface area contributed by atoms with Gasteiger partial charge in [0.1, 0.15) is 0 Å². The lowest BCUT2D eigenvalue weighted by atomic mass is 9.85. The zero-order valence-corrected chi connectivity index (χ0v) is 13.4. The summed E-state index contributed by atoms with van der Waals surface area (Å²) in [4.78, 5) is 4.73. The molecule has 0 bridgehead atoms. The topological polar surface area (TPSA) is 52.5 Å². The Morgan fingerprint density at radius 1 is 1.09 bits per heavy atom. The van der Waals surface area contributed by atoms with E-state index in [1.807, 2.05) is 12.1 Å². The smallest absolute Gasteiger partial charge is 0.151 e. The van der Waals surface area contributed by atoms with E-state index in [-0.39, 0.29) is 6.10 Å². The van der Waals surface area contributed by atoms with Crippen LogP contribution < -0.4 is 4.90 Å². The van der Waals surface area contributed by atoms with Crippen molar-refractivity contribution in [3.63, 3.8) is 0 Å². The van der Waals surface area contributed by atoms with E-state index in [0.29, 0.717) is 5.92 Å². The summed E-state index contributed by atoms with van der Waals surface area (Å²) in [5.41, 5.74) is 0. The fraction of sp³-hybridized carbons (Fsp3) is 0.765. The third-order valence-electron chi connectivity index (χ3n) is 5.11. The van der Waals surface area contributed by atoms with Crippen molar-refractivity contribution < 1.29 is 5.11 Å². The van der Waals surface area contributed by atoms with Crippen molar-refractivity contribution in [1.29, 1.82) is 0 Å². The minimum Gasteiger partial charge on any atom is -0.392 e. The van der Waals surface area contributed by atoms with Crippen LogP contribution in [0.25, 0.3) is 0 Å². The highest BCUT2D eigenvalue weighted by Gasteiger charge is 2.25. The van der Waals surface area contributed by atoms with Gasteiger partial charge in [-0.3, -0.25) is 4.90 Å². The van der Waals surface area contributed by atoms with Gasteiger partial charge in [0.2, 0.25) is 0 Å². The van der Waals surface area contributed by atoms with Crippen LogP contribution in [0.5, 0.6) is 0 Å². The molecule has 2 fully saturated rings. The quantitative estimate of drug-likeness (QED) is 0.921. The second kappa shape index (κ2) is 7.88. The highest BCUT2D eigenvalue weighted by molar-refractivity contribution is 5.36. The molecule has 1 aliphatic carbocycles. The van der Waals surface area contributed by atoms with Gasteiger partial charge in [0.05, 0.1) is 6.10 Å². The summed E-state index contributed by atoms with van der Waals surface area (Å²) in [6.45, 7) is 4.89. The predicted molar refractivity (Wildman–Crippen MR) is 87.9 cm³/mol. The maximum atomic E-state index is 10.5. The van der Waals surface area contributed by atoms with E-state index in [0.717, 1.165) is 45.0 Å². The van der Waals surface area contributed by atoms with Crippen molar-refractivity contribution in [2.75, 3.05) is 37.6 Å². The molecule has 0 aromatic carbocycles. The van der Waals surface area contributed by atoms with Crippen LogP contribution in [0, 0.1) is 5.92 Å². The highest BCUT2D eigenvalue weighted by Crippen LogP contribution is 2.27. The SMILES string of the molecule is OC(CN1CCCN(c2cccnn2)CC1)C1CCCCC1. The van der Waals surface area contributed by atoms with Crippen LogP contribution in [-0.4, -0.2) is 59.0 Å². The zero-order chi connectivity index (χ0) is 15.2. The Labute approximate surface area is 133 Å². The van der Waals surface area contributed by atoms with Crippen molar-refractivity contribution in [3.8, 4) is 0 Å². The maximum absolute atomic E-state index is 10.5. The van der Waals surface area contributed by atoms with E-state index in [2.05, 4.69) is 20.0 Å². The molecule has 1 saturated heterocycles. The summed E-state index contributed by atoms with van der Waals surface area (Å²) in [5, 5.41) is 18.7. The van der Waals surface area contributed by atoms with E-state index in [1.165, 1.54) is 32.1 Å². The highest BCUT2D eigenvalue weighted by atomic mass is 16.3. The molecule has 1 saturated carbocycles. The molecule has 5 nitrogen and oxygen atoms in total. The number of hydrogen-bond donors (Lipinski definition) is 1. The Morgan fingerprint density at radius 3 is 2.73 bits per heavy atom. The summed E-state index contributed by atoms with van der Waals surface area (Å²) in [6.07, 6.45) is 9.04. The van der Waals surface area contributed by atoms with Crippen LogP contribution in [0.2, 0.25) is 0 Å². The molecule has 0 radical (unpaired) electrons. The fourth-order valence-electron chi connectivity index (χ4n) is 3.78. The molecule has 2 heterocycles. The number of β-amino-alcohol motifs (C(OH)–C–C–N with tert-alkyl or cyclic N) is 1. The van der Waals surface area contributed by atoms with Crippen LogP contribution in [0.4, 0.5) is 5.82 Å². The normalized spacial score (nSPS) is 23.2. The molecule has 2 aliphatic rings. The third kappa shape index (κ3) is 4.17. The number of aromatic nitrogens is 2. The van der Waals surface area contributed by atoms with Gasteiger partial charge in [-0.15, -0.1) is 5.10 Å². The lowest BCUT2D eigenvalue weighted by molar-refractivity contribution is 0.0496. The van der Waals surface area contributed by atoms with E-state index in [1.54, 1.807) is 6.20 Å². The number of nitrogens with zero attached hydrogens (tertiary/aromatic N) is 4. The van der Waals surface area contributed by atoms with Gasteiger partial charge in [-0.2, -0.15) is 5.10 Å². The van der Waals surface area contributed by atoms with Crippen LogP contribution in [-0.2, 0) is 0 Å². The van der Waals surface area contributed by atoms with Gasteiger partial charge < -0.3 is 10.0 Å². The Morgan fingerprint density at radius 2 is 1.95 bits per heavy atom. The van der Waals surface area contributed by atoms with Crippen LogP contribution in [0.15, 0.2) is 18.3 Å². The van der Waals surface area contributed by atoms with E-state index in [4.69, 9.17) is 0 Å². The van der Waals surface area contributed by atoms with Crippen molar-refractivity contribution in [1.82, 2.24) is 15.1 Å². The van der Waals surface area contributed by atoms with Gasteiger partial charge in [0.25, 0.3) is 0 Å². The molecule has 0 spiro atoms. The second-order valence-corrected chi connectivity index (χ2v) is 6.69. The fourth-order valence-corrected chi connectivity index (χ4v) is 3.78. The number of anilines is 1. The molecule has 0 amide bonds. The Hall–Kier alpha value is -1.20. The van der Waals surface area contributed by atoms with E-state index in [9.17, 15) is 5.11 Å². The average Bonchev–Trinajstić information content (AvgIpc) is 2.82. The van der Waals surface area contributed by atoms with Crippen molar-refractivity contribution in [2.24, 2.45) is 5.92 Å². The Balaban J connectivity index is 1.49. The molecule has 3 rings (SSSR count). The summed E-state index contributed by atoms with van der Waals surface area (Å²) in [5.74, 6) is 1.49. The lowest BCUT2D eigenvalue weighted by Crippen LogP contribution is -2.39. The van der Waals surface area contributed by atoms with Crippen molar-refractivity contribution in [2.45, 2.75) is 44.6 Å². The second-order valence-electron chi connectivity index (χ2n) is 6.69. The summed E-state index contributed by atoms with van der Waals surface area (Å²) in [6, 6.07) is 3.97. The van der Waals surface area contributed by atoms with Gasteiger partial charge in [-0.25, -0.2) is 0 Å². The maximum Gasteiger partial charge on any atom is 0.151 e. The van der Waals surface area contributed by atoms with Crippen LogP contribution in [0.1, 0.15) is 38.5 Å². The van der Waals surface area contributed by atoms with E-state index < -0.39 is 0 Å². The van der Waals surface area contributed by atoms with Crippen LogP contribution in [0.3, 0.4) is 0 Å². The molecular weight excluding hydrogens is 276 g/mol. The number of rotatable bonds is 4. The summed E-state index contributed by atoms with van der Waals surface area (Å²) in [7, 11) is 0. The first-order valence-corrected chi connectivity index (χ1v) is 8.76. The average molecular weight is 304 g/mol. The largest absolute Gasteiger partial charge is 0.392 e. The molecular formula is C17H28N4O. The zero-order valence-electron chi connectivity index (χ0n) is 13.4. The van der Waals surface area contributed by atoms with Gasteiger partial charge in [0.15, 0.2) is 5.82 Å². The van der Waals surface area contributed by atoms with Gasteiger partial charge in [-0.1, -0.05) is 19.3 Å². The van der Waals surface area contributed by atoms with Crippen molar-refractivity contribution in [3.05, 3.63) is 18.3 Å². The van der Waals surface area contributed by atoms with Gasteiger partial charge in [-0.05, 0) is 43.9 Å². The minimum absolute atomic E-state index is 0.150. The molecule has 1 unspecified atom stereocenters. The minimum atomic E-state index is -0.150. The lowest BCUT2D eigenvalue weighted by Gasteiger charge is -2.31. The van der Waals surface area contributed by atoms with Gasteiger partial charge >= 0.3 is 0 Å². The molecule has 1 aliphatic heterocycles. The number of aliphatic hydroxyl groups is 1.